The van der Waals surface area contributed by atoms with Crippen LogP contribution in [0, 0.1) is 10.1 Å². The van der Waals surface area contributed by atoms with E-state index in [1.165, 1.54) is 0 Å². The number of azide groups is 1. The number of pyridine rings is 2. The SMILES string of the molecule is NNC(=O)c1cc2ccccc2cn1.O=N[O-].[N-]=[N+]=NC(=O)c1cc2ccccc2cn1.[Na+]. The van der Waals surface area contributed by atoms with Gasteiger partial charge in [0.1, 0.15) is 11.4 Å². The molecule has 4 aromatic rings. The quantitative estimate of drug-likeness (QED) is 0.0651. The Morgan fingerprint density at radius 1 is 0.909 bits per heavy atom. The molecule has 2 aromatic carbocycles. The van der Waals surface area contributed by atoms with Crippen LogP contribution < -0.4 is 40.8 Å². The zero-order valence-corrected chi connectivity index (χ0v) is 19.3. The number of carbonyl (C=O) groups excluding carboxylic acids is 2. The predicted molar refractivity (Wildman–Crippen MR) is 118 cm³/mol. The molecule has 33 heavy (non-hydrogen) atoms. The van der Waals surface area contributed by atoms with Crippen LogP contribution in [0.2, 0.25) is 0 Å². The van der Waals surface area contributed by atoms with Gasteiger partial charge in [0.05, 0.1) is 0 Å². The first kappa shape index (κ1) is 27.1. The number of nitrogen functional groups attached to an aromatic ring is 1. The summed E-state index contributed by atoms with van der Waals surface area (Å²) in [5.41, 5.74) is 10.6. The monoisotopic (exact) mass is 454 g/mol. The summed E-state index contributed by atoms with van der Waals surface area (Å²) in [5, 5.41) is 15.8. The molecule has 12 nitrogen and oxygen atoms in total. The van der Waals surface area contributed by atoms with Gasteiger partial charge in [0.25, 0.3) is 11.8 Å². The zero-order valence-electron chi connectivity index (χ0n) is 17.3. The predicted octanol–water partition coefficient (Wildman–Crippen LogP) is 0.778. The summed E-state index contributed by atoms with van der Waals surface area (Å²) in [6.07, 6.45) is 3.23. The molecule has 2 amide bonds. The number of aromatic nitrogens is 2. The third-order valence-corrected chi connectivity index (χ3v) is 3.98. The molecular formula is C20H15N8NaO4. The van der Waals surface area contributed by atoms with E-state index in [2.05, 4.69) is 20.0 Å². The summed E-state index contributed by atoms with van der Waals surface area (Å²) in [4.78, 5) is 40.7. The number of fused-ring (bicyclic) bond motifs is 2. The number of hydrogen-bond acceptors (Lipinski definition) is 8. The zero-order chi connectivity index (χ0) is 23.3. The van der Waals surface area contributed by atoms with E-state index >= 15 is 0 Å². The average molecular weight is 454 g/mol. The molecule has 0 fully saturated rings. The fourth-order valence-electron chi connectivity index (χ4n) is 2.57. The Balaban J connectivity index is 0.000000288. The van der Waals surface area contributed by atoms with E-state index in [-0.39, 0.29) is 41.2 Å². The molecule has 0 atom stereocenters. The Kier molecular flexibility index (Phi) is 11.7. The van der Waals surface area contributed by atoms with E-state index in [9.17, 15) is 9.59 Å². The molecule has 2 heterocycles. The maximum atomic E-state index is 11.2. The van der Waals surface area contributed by atoms with E-state index in [1.807, 2.05) is 54.0 Å². The largest absolute Gasteiger partial charge is 1.00 e. The van der Waals surface area contributed by atoms with Gasteiger partial charge in [-0.3, -0.25) is 25.0 Å². The average Bonchev–Trinajstić information content (AvgIpc) is 2.84. The fraction of sp³-hybridized carbons (Fsp3) is 0. The van der Waals surface area contributed by atoms with Gasteiger partial charge in [0.15, 0.2) is 0 Å². The Bertz CT molecular complexity index is 1310. The first-order valence-corrected chi connectivity index (χ1v) is 8.79. The summed E-state index contributed by atoms with van der Waals surface area (Å²) in [6, 6.07) is 18.5. The van der Waals surface area contributed by atoms with Gasteiger partial charge in [-0.1, -0.05) is 48.5 Å². The van der Waals surface area contributed by atoms with Gasteiger partial charge in [-0.25, -0.2) is 5.84 Å². The maximum absolute atomic E-state index is 11.2. The van der Waals surface area contributed by atoms with Gasteiger partial charge in [-0.15, -0.1) is 5.34 Å². The fourth-order valence-corrected chi connectivity index (χ4v) is 2.57. The summed E-state index contributed by atoms with van der Waals surface area (Å²) in [5.74, 6) is 3.97. The van der Waals surface area contributed by atoms with Crippen molar-refractivity contribution < 1.29 is 39.1 Å². The first-order chi connectivity index (χ1) is 15.5. The van der Waals surface area contributed by atoms with Crippen molar-refractivity contribution in [2.45, 2.75) is 0 Å². The van der Waals surface area contributed by atoms with Crippen molar-refractivity contribution in [3.63, 3.8) is 0 Å². The minimum absolute atomic E-state index is 0. The van der Waals surface area contributed by atoms with Crippen molar-refractivity contribution in [3.8, 4) is 0 Å². The van der Waals surface area contributed by atoms with Crippen LogP contribution in [-0.4, -0.2) is 21.8 Å². The number of hydrazine groups is 1. The molecule has 0 saturated carbocycles. The van der Waals surface area contributed by atoms with Crippen molar-refractivity contribution in [1.82, 2.24) is 15.4 Å². The molecule has 0 bridgehead atoms. The Morgan fingerprint density at radius 2 is 1.33 bits per heavy atom. The number of amides is 2. The summed E-state index contributed by atoms with van der Waals surface area (Å²) in [7, 11) is 0. The molecule has 0 aliphatic carbocycles. The molecule has 0 unspecified atom stereocenters. The van der Waals surface area contributed by atoms with Crippen LogP contribution in [0.4, 0.5) is 0 Å². The van der Waals surface area contributed by atoms with Crippen LogP contribution in [0.25, 0.3) is 32.0 Å². The minimum Gasteiger partial charge on any atom is -0.444 e. The molecule has 0 radical (unpaired) electrons. The van der Waals surface area contributed by atoms with Crippen molar-refractivity contribution in [3.05, 3.63) is 105 Å². The molecular weight excluding hydrogens is 439 g/mol. The minimum atomic E-state index is -0.664. The van der Waals surface area contributed by atoms with E-state index in [1.54, 1.807) is 24.5 Å². The Hall–Kier alpha value is -3.93. The first-order valence-electron chi connectivity index (χ1n) is 8.79. The summed E-state index contributed by atoms with van der Waals surface area (Å²) < 4.78 is 0. The van der Waals surface area contributed by atoms with Crippen molar-refractivity contribution in [1.29, 1.82) is 0 Å². The van der Waals surface area contributed by atoms with Crippen LogP contribution in [-0.2, 0) is 0 Å². The van der Waals surface area contributed by atoms with Gasteiger partial charge in [0.2, 0.25) is 0 Å². The molecule has 0 aliphatic heterocycles. The van der Waals surface area contributed by atoms with Crippen molar-refractivity contribution >= 4 is 33.4 Å². The number of benzene rings is 2. The Morgan fingerprint density at radius 3 is 1.79 bits per heavy atom. The van der Waals surface area contributed by atoms with E-state index in [0.29, 0.717) is 5.69 Å². The Labute approximate surface area is 208 Å². The molecule has 160 valence electrons. The van der Waals surface area contributed by atoms with Crippen LogP contribution >= 0.6 is 0 Å². The smallest absolute Gasteiger partial charge is 0.444 e. The second-order valence-corrected chi connectivity index (χ2v) is 5.88. The van der Waals surface area contributed by atoms with E-state index < -0.39 is 5.91 Å². The third kappa shape index (κ3) is 7.92. The van der Waals surface area contributed by atoms with Gasteiger partial charge in [-0.05, 0) is 33.6 Å². The number of rotatable bonds is 2. The van der Waals surface area contributed by atoms with Gasteiger partial charge in [-0.2, -0.15) is 0 Å². The molecule has 13 heteroatoms. The van der Waals surface area contributed by atoms with Crippen molar-refractivity contribution in [2.24, 2.45) is 16.3 Å². The molecule has 4 rings (SSSR count). The molecule has 0 aliphatic rings. The summed E-state index contributed by atoms with van der Waals surface area (Å²) in [6.45, 7) is 0. The van der Waals surface area contributed by atoms with Gasteiger partial charge >= 0.3 is 29.6 Å². The standard InChI is InChI=1S/C10H6N4O.C10H9N3O.HNO2.Na/c11-14-13-10(15)9-5-7-3-1-2-4-8(7)6-12-9;11-13-10(14)9-5-7-3-1-2-4-8(7)6-12-9;2-1-3;/h1-6H;1-6H,11H2,(H,13,14);(H,2,3);/q;;;+1/p-1. The van der Waals surface area contributed by atoms with Crippen molar-refractivity contribution in [2.75, 3.05) is 0 Å². The van der Waals surface area contributed by atoms with Crippen LogP contribution in [0.15, 0.2) is 83.5 Å². The van der Waals surface area contributed by atoms with Gasteiger partial charge < -0.3 is 10.1 Å². The van der Waals surface area contributed by atoms with Crippen LogP contribution in [0.5, 0.6) is 0 Å². The second kappa shape index (κ2) is 14.2. The topological polar surface area (TPSA) is 199 Å². The normalized spacial score (nSPS) is 9.00. The molecule has 2 aromatic heterocycles. The number of nitrogens with two attached hydrogens (primary N) is 1. The number of nitrogens with zero attached hydrogens (tertiary/aromatic N) is 6. The molecule has 0 saturated heterocycles. The number of carbonyl (C=O) groups is 2. The number of hydrogen-bond donors (Lipinski definition) is 2. The number of nitrogens with one attached hydrogen (secondary N) is 1. The third-order valence-electron chi connectivity index (χ3n) is 3.98. The molecule has 3 N–H and O–H groups in total. The summed E-state index contributed by atoms with van der Waals surface area (Å²) >= 11 is 0. The van der Waals surface area contributed by atoms with Crippen LogP contribution in [0.3, 0.4) is 0 Å². The molecule has 0 spiro atoms. The van der Waals surface area contributed by atoms with Crippen LogP contribution in [0.1, 0.15) is 21.0 Å². The maximum Gasteiger partial charge on any atom is 1.00 e. The van der Waals surface area contributed by atoms with Gasteiger partial charge in [0, 0.05) is 28.1 Å². The van der Waals surface area contributed by atoms with E-state index in [0.717, 1.165) is 26.9 Å². The second-order valence-electron chi connectivity index (χ2n) is 5.88. The van der Waals surface area contributed by atoms with E-state index in [4.69, 9.17) is 21.5 Å².